The van der Waals surface area contributed by atoms with Gasteiger partial charge in [-0.25, -0.2) is 4.68 Å². The number of hydrogen-bond acceptors (Lipinski definition) is 4. The highest BCUT2D eigenvalue weighted by Gasteiger charge is 2.19. The molecule has 2 aromatic heterocycles. The van der Waals surface area contributed by atoms with E-state index < -0.39 is 0 Å². The Balaban J connectivity index is 1.81. The Hall–Kier alpha value is -2.73. The summed E-state index contributed by atoms with van der Waals surface area (Å²) < 4.78 is 1.19. The number of thiophene rings is 1. The molecule has 3 aromatic rings. The van der Waals surface area contributed by atoms with Crippen LogP contribution in [0, 0.1) is 6.92 Å². The zero-order chi connectivity index (χ0) is 18.5. The lowest BCUT2D eigenvalue weighted by atomic mass is 10.1. The summed E-state index contributed by atoms with van der Waals surface area (Å²) in [7, 11) is 1.55. The first-order valence-corrected chi connectivity index (χ1v) is 9.27. The highest BCUT2D eigenvalue weighted by molar-refractivity contribution is 7.11. The number of carbonyl (C=O) groups is 1. The van der Waals surface area contributed by atoms with Gasteiger partial charge < -0.3 is 4.90 Å². The fourth-order valence-corrected chi connectivity index (χ4v) is 3.60. The number of carbonyl (C=O) groups excluding carboxylic acids is 1. The molecule has 0 saturated heterocycles. The topological polar surface area (TPSA) is 55.2 Å². The van der Waals surface area contributed by atoms with Gasteiger partial charge in [-0.3, -0.25) is 9.59 Å². The van der Waals surface area contributed by atoms with Crippen molar-refractivity contribution < 1.29 is 4.79 Å². The third-order valence-corrected chi connectivity index (χ3v) is 5.11. The second-order valence-corrected chi connectivity index (χ2v) is 7.53. The number of hydrogen-bond donors (Lipinski definition) is 0. The van der Waals surface area contributed by atoms with E-state index in [0.717, 1.165) is 11.3 Å². The molecule has 0 saturated carbocycles. The van der Waals surface area contributed by atoms with Gasteiger partial charge >= 0.3 is 0 Å². The molecule has 1 amide bonds. The van der Waals surface area contributed by atoms with Gasteiger partial charge in [-0.1, -0.05) is 30.3 Å². The van der Waals surface area contributed by atoms with Crippen LogP contribution in [0.15, 0.2) is 59.4 Å². The normalized spacial score (nSPS) is 10.7. The fraction of sp³-hybridized carbons (Fsp3) is 0.250. The summed E-state index contributed by atoms with van der Waals surface area (Å²) in [5.74, 6) is -0.164. The number of amides is 1. The molecule has 0 unspecified atom stereocenters. The van der Waals surface area contributed by atoms with E-state index in [-0.39, 0.29) is 17.2 Å². The van der Waals surface area contributed by atoms with Crippen LogP contribution in [0.2, 0.25) is 0 Å². The molecule has 0 aliphatic carbocycles. The van der Waals surface area contributed by atoms with E-state index in [4.69, 9.17) is 0 Å². The second-order valence-electron chi connectivity index (χ2n) is 6.16. The number of benzene rings is 1. The Bertz CT molecular complexity index is 947. The quantitative estimate of drug-likeness (QED) is 0.673. The molecule has 26 heavy (non-hydrogen) atoms. The van der Waals surface area contributed by atoms with E-state index in [1.807, 2.05) is 18.2 Å². The van der Waals surface area contributed by atoms with E-state index in [1.165, 1.54) is 27.3 Å². The molecule has 0 N–H and O–H groups in total. The molecule has 0 radical (unpaired) electrons. The maximum absolute atomic E-state index is 13.0. The molecule has 0 spiro atoms. The zero-order valence-corrected chi connectivity index (χ0v) is 15.7. The van der Waals surface area contributed by atoms with E-state index >= 15 is 0 Å². The predicted octanol–water partition coefficient (Wildman–Crippen LogP) is 3.04. The minimum absolute atomic E-state index is 0.164. The van der Waals surface area contributed by atoms with Crippen LogP contribution in [0.4, 0.5) is 0 Å². The predicted molar refractivity (Wildman–Crippen MR) is 103 cm³/mol. The first-order chi connectivity index (χ1) is 12.5. The molecule has 134 valence electrons. The molecule has 6 heteroatoms. The van der Waals surface area contributed by atoms with Gasteiger partial charge in [-0.2, -0.15) is 5.10 Å². The summed E-state index contributed by atoms with van der Waals surface area (Å²) in [5.41, 5.74) is 1.24. The van der Waals surface area contributed by atoms with Crippen LogP contribution in [0.25, 0.3) is 0 Å². The van der Waals surface area contributed by atoms with Gasteiger partial charge in [0.15, 0.2) is 0 Å². The number of nitrogens with zero attached hydrogens (tertiary/aromatic N) is 3. The molecule has 2 heterocycles. The highest BCUT2D eigenvalue weighted by atomic mass is 32.1. The molecule has 5 nitrogen and oxygen atoms in total. The fourth-order valence-electron chi connectivity index (χ4n) is 2.70. The Kier molecular flexibility index (Phi) is 5.63. The lowest BCUT2D eigenvalue weighted by molar-refractivity contribution is 0.0738. The van der Waals surface area contributed by atoms with Crippen molar-refractivity contribution in [3.63, 3.8) is 0 Å². The van der Waals surface area contributed by atoms with Crippen molar-refractivity contribution in [3.8, 4) is 0 Å². The molecule has 0 aliphatic rings. The number of rotatable bonds is 6. The third-order valence-electron chi connectivity index (χ3n) is 4.12. The van der Waals surface area contributed by atoms with Crippen molar-refractivity contribution in [2.24, 2.45) is 7.05 Å². The summed E-state index contributed by atoms with van der Waals surface area (Å²) >= 11 is 1.69. The summed E-state index contributed by atoms with van der Waals surface area (Å²) in [6.45, 7) is 3.18. The average Bonchev–Trinajstić information content (AvgIpc) is 3.06. The van der Waals surface area contributed by atoms with Crippen molar-refractivity contribution in [2.75, 3.05) is 6.54 Å². The monoisotopic (exact) mass is 367 g/mol. The first kappa shape index (κ1) is 18.1. The summed E-state index contributed by atoms with van der Waals surface area (Å²) in [6, 6.07) is 17.1. The summed E-state index contributed by atoms with van der Waals surface area (Å²) in [5, 5.41) is 4.11. The Morgan fingerprint density at radius 3 is 2.54 bits per heavy atom. The van der Waals surface area contributed by atoms with Crippen molar-refractivity contribution >= 4 is 17.2 Å². The van der Waals surface area contributed by atoms with Crippen LogP contribution in [-0.4, -0.2) is 27.1 Å². The van der Waals surface area contributed by atoms with Crippen LogP contribution in [0.5, 0.6) is 0 Å². The van der Waals surface area contributed by atoms with Gasteiger partial charge in [0, 0.05) is 29.4 Å². The minimum atomic E-state index is -0.230. The molecular formula is C20H21N3O2S. The molecule has 0 atom stereocenters. The SMILES string of the molecule is Cc1ccc(CN(CCc2ccccc2)C(=O)c2ccc(=O)n(C)n2)s1. The Labute approximate surface area is 156 Å². The van der Waals surface area contributed by atoms with E-state index in [1.54, 1.807) is 23.3 Å². The van der Waals surface area contributed by atoms with Crippen molar-refractivity contribution in [2.45, 2.75) is 19.9 Å². The molecule has 1 aromatic carbocycles. The van der Waals surface area contributed by atoms with Crippen LogP contribution < -0.4 is 5.56 Å². The first-order valence-electron chi connectivity index (χ1n) is 8.46. The average molecular weight is 367 g/mol. The lowest BCUT2D eigenvalue weighted by Gasteiger charge is -2.22. The smallest absolute Gasteiger partial charge is 0.274 e. The number of aromatic nitrogens is 2. The van der Waals surface area contributed by atoms with Crippen molar-refractivity contribution in [1.82, 2.24) is 14.7 Å². The Morgan fingerprint density at radius 2 is 1.88 bits per heavy atom. The molecular weight excluding hydrogens is 346 g/mol. The molecule has 0 bridgehead atoms. The maximum Gasteiger partial charge on any atom is 0.274 e. The second kappa shape index (κ2) is 8.10. The van der Waals surface area contributed by atoms with E-state index in [0.29, 0.717) is 13.1 Å². The lowest BCUT2D eigenvalue weighted by Crippen LogP contribution is -2.34. The van der Waals surface area contributed by atoms with Crippen molar-refractivity contribution in [3.05, 3.63) is 86.0 Å². The minimum Gasteiger partial charge on any atom is -0.332 e. The number of aryl methyl sites for hydroxylation is 2. The van der Waals surface area contributed by atoms with Gasteiger partial charge in [-0.05, 0) is 37.1 Å². The van der Waals surface area contributed by atoms with Crippen LogP contribution in [-0.2, 0) is 20.0 Å². The van der Waals surface area contributed by atoms with E-state index in [2.05, 4.69) is 36.3 Å². The van der Waals surface area contributed by atoms with Crippen LogP contribution in [0.3, 0.4) is 0 Å². The van der Waals surface area contributed by atoms with Gasteiger partial charge in [0.25, 0.3) is 11.5 Å². The standard InChI is InChI=1S/C20H21N3O2S/c1-15-8-9-17(26-15)14-23(13-12-16-6-4-3-5-7-16)20(25)18-10-11-19(24)22(2)21-18/h3-11H,12-14H2,1-2H3. The van der Waals surface area contributed by atoms with Crippen molar-refractivity contribution in [1.29, 1.82) is 0 Å². The van der Waals surface area contributed by atoms with E-state index in [9.17, 15) is 9.59 Å². The summed E-state index contributed by atoms with van der Waals surface area (Å²) in [6.07, 6.45) is 0.767. The maximum atomic E-state index is 13.0. The molecule has 3 rings (SSSR count). The van der Waals surface area contributed by atoms with Gasteiger partial charge in [0.05, 0.1) is 6.54 Å². The zero-order valence-electron chi connectivity index (χ0n) is 14.9. The van der Waals surface area contributed by atoms with Gasteiger partial charge in [-0.15, -0.1) is 11.3 Å². The largest absolute Gasteiger partial charge is 0.332 e. The highest BCUT2D eigenvalue weighted by Crippen LogP contribution is 2.18. The van der Waals surface area contributed by atoms with Crippen LogP contribution in [0.1, 0.15) is 25.8 Å². The summed E-state index contributed by atoms with van der Waals surface area (Å²) in [4.78, 5) is 28.7. The molecule has 0 aliphatic heterocycles. The third kappa shape index (κ3) is 4.46. The van der Waals surface area contributed by atoms with Gasteiger partial charge in [0.2, 0.25) is 0 Å². The Morgan fingerprint density at radius 1 is 1.12 bits per heavy atom. The molecule has 0 fully saturated rings. The van der Waals surface area contributed by atoms with Crippen LogP contribution >= 0.6 is 11.3 Å². The van der Waals surface area contributed by atoms with Gasteiger partial charge in [0.1, 0.15) is 5.69 Å².